The lowest BCUT2D eigenvalue weighted by Crippen LogP contribution is -2.26. The SMILES string of the molecule is COc1cc(Br)ccc1C=CCNC(=O)OCC1c2ccccc2-c2ccccc21. The van der Waals surface area contributed by atoms with E-state index in [0.29, 0.717) is 13.2 Å². The highest BCUT2D eigenvalue weighted by molar-refractivity contribution is 9.10. The van der Waals surface area contributed by atoms with Crippen LogP contribution in [0.15, 0.2) is 77.3 Å². The van der Waals surface area contributed by atoms with Crippen molar-refractivity contribution in [3.63, 3.8) is 0 Å². The fourth-order valence-electron chi connectivity index (χ4n) is 3.80. The standard InChI is InChI=1S/C25H22BrNO3/c1-29-24-15-18(26)13-12-17(24)7-6-14-27-25(28)30-16-23-21-10-4-2-8-19(21)20-9-3-5-11-22(20)23/h2-13,15,23H,14,16H2,1H3,(H,27,28). The molecule has 0 bridgehead atoms. The van der Waals surface area contributed by atoms with E-state index in [1.807, 2.05) is 54.6 Å². The summed E-state index contributed by atoms with van der Waals surface area (Å²) in [5, 5.41) is 2.78. The van der Waals surface area contributed by atoms with Gasteiger partial charge in [0.1, 0.15) is 12.4 Å². The number of nitrogens with one attached hydrogen (secondary N) is 1. The fourth-order valence-corrected chi connectivity index (χ4v) is 4.14. The Morgan fingerprint density at radius 2 is 1.70 bits per heavy atom. The number of carbonyl (C=O) groups is 1. The molecule has 4 nitrogen and oxygen atoms in total. The summed E-state index contributed by atoms with van der Waals surface area (Å²) in [6.45, 7) is 0.681. The fraction of sp³-hybridized carbons (Fsp3) is 0.160. The number of fused-ring (bicyclic) bond motifs is 3. The second-order valence-electron chi connectivity index (χ2n) is 7.00. The van der Waals surface area contributed by atoms with E-state index in [1.165, 1.54) is 22.3 Å². The average molecular weight is 464 g/mol. The average Bonchev–Trinajstić information content (AvgIpc) is 3.10. The summed E-state index contributed by atoms with van der Waals surface area (Å²) >= 11 is 3.43. The highest BCUT2D eigenvalue weighted by atomic mass is 79.9. The van der Waals surface area contributed by atoms with Gasteiger partial charge < -0.3 is 14.8 Å². The molecule has 0 aliphatic heterocycles. The number of amides is 1. The van der Waals surface area contributed by atoms with Crippen molar-refractivity contribution in [3.05, 3.63) is 94.0 Å². The van der Waals surface area contributed by atoms with E-state index in [2.05, 4.69) is 45.5 Å². The molecule has 0 heterocycles. The first-order valence-corrected chi connectivity index (χ1v) is 10.6. The molecule has 0 fully saturated rings. The third-order valence-electron chi connectivity index (χ3n) is 5.20. The van der Waals surface area contributed by atoms with Crippen molar-refractivity contribution in [2.75, 3.05) is 20.3 Å². The molecular formula is C25H22BrNO3. The molecule has 3 aromatic rings. The largest absolute Gasteiger partial charge is 0.496 e. The second-order valence-corrected chi connectivity index (χ2v) is 7.91. The van der Waals surface area contributed by atoms with E-state index in [4.69, 9.17) is 9.47 Å². The van der Waals surface area contributed by atoms with Crippen molar-refractivity contribution in [3.8, 4) is 16.9 Å². The zero-order valence-corrected chi connectivity index (χ0v) is 18.2. The topological polar surface area (TPSA) is 47.6 Å². The maximum atomic E-state index is 12.2. The Hall–Kier alpha value is -3.05. The number of hydrogen-bond donors (Lipinski definition) is 1. The van der Waals surface area contributed by atoms with Gasteiger partial charge in [-0.05, 0) is 34.4 Å². The summed E-state index contributed by atoms with van der Waals surface area (Å²) in [4.78, 5) is 12.2. The molecule has 0 atom stereocenters. The van der Waals surface area contributed by atoms with E-state index in [0.717, 1.165) is 15.8 Å². The minimum atomic E-state index is -0.427. The van der Waals surface area contributed by atoms with Crippen molar-refractivity contribution in [1.29, 1.82) is 0 Å². The number of hydrogen-bond acceptors (Lipinski definition) is 3. The van der Waals surface area contributed by atoms with Crippen LogP contribution in [0, 0.1) is 0 Å². The summed E-state index contributed by atoms with van der Waals surface area (Å²) in [7, 11) is 1.63. The van der Waals surface area contributed by atoms with Gasteiger partial charge in [-0.1, -0.05) is 82.7 Å². The van der Waals surface area contributed by atoms with E-state index in [9.17, 15) is 4.79 Å². The molecule has 1 amide bonds. The third-order valence-corrected chi connectivity index (χ3v) is 5.69. The molecule has 30 heavy (non-hydrogen) atoms. The molecule has 0 aromatic heterocycles. The lowest BCUT2D eigenvalue weighted by Gasteiger charge is -2.14. The molecule has 1 aliphatic carbocycles. The zero-order chi connectivity index (χ0) is 20.9. The number of alkyl carbamates (subject to hydrolysis) is 1. The summed E-state index contributed by atoms with van der Waals surface area (Å²) in [6.07, 6.45) is 3.35. The van der Waals surface area contributed by atoms with Crippen LogP contribution in [0.3, 0.4) is 0 Å². The van der Waals surface area contributed by atoms with Gasteiger partial charge >= 0.3 is 6.09 Å². The minimum Gasteiger partial charge on any atom is -0.496 e. The number of ether oxygens (including phenoxy) is 2. The molecule has 0 saturated heterocycles. The van der Waals surface area contributed by atoms with Crippen LogP contribution in [0.1, 0.15) is 22.6 Å². The Morgan fingerprint density at radius 1 is 1.03 bits per heavy atom. The Bertz CT molecular complexity index is 1050. The van der Waals surface area contributed by atoms with Crippen LogP contribution in [0.25, 0.3) is 17.2 Å². The van der Waals surface area contributed by atoms with Crippen molar-refractivity contribution < 1.29 is 14.3 Å². The smallest absolute Gasteiger partial charge is 0.407 e. The molecule has 4 rings (SSSR count). The van der Waals surface area contributed by atoms with Gasteiger partial charge in [-0.25, -0.2) is 4.79 Å². The van der Waals surface area contributed by atoms with Gasteiger partial charge in [-0.3, -0.25) is 0 Å². The predicted molar refractivity (Wildman–Crippen MR) is 123 cm³/mol. The van der Waals surface area contributed by atoms with Crippen molar-refractivity contribution in [2.45, 2.75) is 5.92 Å². The molecule has 0 spiro atoms. The first-order chi connectivity index (χ1) is 14.7. The highest BCUT2D eigenvalue weighted by Gasteiger charge is 2.28. The van der Waals surface area contributed by atoms with Gasteiger partial charge in [0.15, 0.2) is 0 Å². The van der Waals surface area contributed by atoms with E-state index >= 15 is 0 Å². The van der Waals surface area contributed by atoms with E-state index in [-0.39, 0.29) is 5.92 Å². The van der Waals surface area contributed by atoms with Gasteiger partial charge in [0.2, 0.25) is 0 Å². The Kier molecular flexibility index (Phi) is 6.19. The summed E-state index contributed by atoms with van der Waals surface area (Å²) < 4.78 is 11.9. The number of halogens is 1. The summed E-state index contributed by atoms with van der Waals surface area (Å²) in [6, 6.07) is 22.4. The quantitative estimate of drug-likeness (QED) is 0.486. The van der Waals surface area contributed by atoms with Crippen molar-refractivity contribution >= 4 is 28.1 Å². The first-order valence-electron chi connectivity index (χ1n) is 9.76. The van der Waals surface area contributed by atoms with Crippen LogP contribution in [-0.4, -0.2) is 26.4 Å². The normalized spacial score (nSPS) is 12.5. The minimum absolute atomic E-state index is 0.0609. The summed E-state index contributed by atoms with van der Waals surface area (Å²) in [5.74, 6) is 0.826. The number of carbonyl (C=O) groups excluding carboxylic acids is 1. The van der Waals surface area contributed by atoms with Gasteiger partial charge in [-0.2, -0.15) is 0 Å². The van der Waals surface area contributed by atoms with Crippen molar-refractivity contribution in [2.24, 2.45) is 0 Å². The monoisotopic (exact) mass is 463 g/mol. The van der Waals surface area contributed by atoms with Crippen LogP contribution in [0.5, 0.6) is 5.75 Å². The van der Waals surface area contributed by atoms with Gasteiger partial charge in [0.25, 0.3) is 0 Å². The maximum absolute atomic E-state index is 12.2. The molecule has 5 heteroatoms. The Balaban J connectivity index is 1.34. The maximum Gasteiger partial charge on any atom is 0.407 e. The molecule has 0 saturated carbocycles. The number of methoxy groups -OCH3 is 1. The molecule has 1 N–H and O–H groups in total. The van der Waals surface area contributed by atoms with Gasteiger partial charge in [0.05, 0.1) is 7.11 Å². The van der Waals surface area contributed by atoms with Crippen molar-refractivity contribution in [1.82, 2.24) is 5.32 Å². The second kappa shape index (κ2) is 9.18. The van der Waals surface area contributed by atoms with Crippen LogP contribution < -0.4 is 10.1 Å². The van der Waals surface area contributed by atoms with Gasteiger partial charge in [0, 0.05) is 22.5 Å². The molecule has 152 valence electrons. The predicted octanol–water partition coefficient (Wildman–Crippen LogP) is 6.01. The Morgan fingerprint density at radius 3 is 2.37 bits per heavy atom. The zero-order valence-electron chi connectivity index (χ0n) is 16.6. The highest BCUT2D eigenvalue weighted by Crippen LogP contribution is 2.44. The molecular weight excluding hydrogens is 442 g/mol. The molecule has 3 aromatic carbocycles. The van der Waals surface area contributed by atoms with Crippen LogP contribution >= 0.6 is 15.9 Å². The molecule has 0 radical (unpaired) electrons. The molecule has 0 unspecified atom stereocenters. The Labute approximate surface area is 184 Å². The molecule has 1 aliphatic rings. The summed E-state index contributed by atoms with van der Waals surface area (Å²) in [5.41, 5.74) is 5.78. The van der Waals surface area contributed by atoms with Crippen LogP contribution in [0.4, 0.5) is 4.79 Å². The number of benzene rings is 3. The van der Waals surface area contributed by atoms with E-state index < -0.39 is 6.09 Å². The lowest BCUT2D eigenvalue weighted by molar-refractivity contribution is 0.144. The van der Waals surface area contributed by atoms with Crippen LogP contribution in [-0.2, 0) is 4.74 Å². The first kappa shape index (κ1) is 20.2. The van der Waals surface area contributed by atoms with E-state index in [1.54, 1.807) is 7.11 Å². The van der Waals surface area contributed by atoms with Crippen LogP contribution in [0.2, 0.25) is 0 Å². The lowest BCUT2D eigenvalue weighted by atomic mass is 9.98. The number of rotatable bonds is 6. The third kappa shape index (κ3) is 4.26. The van der Waals surface area contributed by atoms with Gasteiger partial charge in [-0.15, -0.1) is 0 Å².